The summed E-state index contributed by atoms with van der Waals surface area (Å²) in [7, 11) is -3.53. The number of nitrogens with zero attached hydrogens (tertiary/aromatic N) is 6. The number of benzene rings is 1. The average molecular weight is 414 g/mol. The van der Waals surface area contributed by atoms with Crippen molar-refractivity contribution in [2.24, 2.45) is 0 Å². The molecule has 0 bridgehead atoms. The zero-order valence-corrected chi connectivity index (χ0v) is 16.9. The van der Waals surface area contributed by atoms with E-state index < -0.39 is 10.0 Å². The maximum atomic E-state index is 12.9. The Morgan fingerprint density at radius 3 is 2.24 bits per heavy atom. The monoisotopic (exact) mass is 414 g/mol. The van der Waals surface area contributed by atoms with Gasteiger partial charge in [-0.05, 0) is 49.4 Å². The van der Waals surface area contributed by atoms with Crippen LogP contribution in [0.1, 0.15) is 6.92 Å². The molecule has 1 saturated heterocycles. The molecule has 0 spiro atoms. The minimum Gasteiger partial charge on any atom is -0.494 e. The summed E-state index contributed by atoms with van der Waals surface area (Å²) >= 11 is 0. The number of piperazine rings is 1. The molecule has 29 heavy (non-hydrogen) atoms. The molecule has 3 heterocycles. The molecule has 0 atom stereocenters. The first-order chi connectivity index (χ1) is 14.1. The van der Waals surface area contributed by atoms with E-state index in [1.54, 1.807) is 41.3 Å². The van der Waals surface area contributed by atoms with Crippen molar-refractivity contribution in [3.63, 3.8) is 0 Å². The number of hydrogen-bond donors (Lipinski definition) is 0. The first-order valence-corrected chi connectivity index (χ1v) is 10.8. The van der Waals surface area contributed by atoms with E-state index in [0.717, 1.165) is 5.82 Å². The first kappa shape index (κ1) is 19.3. The predicted molar refractivity (Wildman–Crippen MR) is 108 cm³/mol. The Morgan fingerprint density at radius 2 is 1.66 bits per heavy atom. The van der Waals surface area contributed by atoms with E-state index in [0.29, 0.717) is 44.4 Å². The van der Waals surface area contributed by atoms with Gasteiger partial charge in [-0.15, -0.1) is 10.2 Å². The lowest BCUT2D eigenvalue weighted by atomic mass is 10.3. The lowest BCUT2D eigenvalue weighted by Gasteiger charge is -2.34. The molecule has 1 fully saturated rings. The van der Waals surface area contributed by atoms with E-state index in [4.69, 9.17) is 4.74 Å². The molecule has 152 valence electrons. The highest BCUT2D eigenvalue weighted by atomic mass is 32.2. The standard InChI is InChI=1S/C19H22N6O3S/c1-2-28-16-4-6-17(7-5-16)29(26,27)24-14-12-23(13-15-24)18-8-9-19(22-21-18)25-11-3-10-20-25/h3-11H,2,12-15H2,1H3. The molecule has 3 aromatic rings. The van der Waals surface area contributed by atoms with Gasteiger partial charge in [0.1, 0.15) is 5.75 Å². The van der Waals surface area contributed by atoms with Gasteiger partial charge < -0.3 is 9.64 Å². The normalized spacial score (nSPS) is 15.4. The number of ether oxygens (including phenoxy) is 1. The van der Waals surface area contributed by atoms with Crippen LogP contribution in [0.2, 0.25) is 0 Å². The number of sulfonamides is 1. The third kappa shape index (κ3) is 4.08. The zero-order valence-electron chi connectivity index (χ0n) is 16.0. The molecule has 1 aromatic carbocycles. The molecule has 0 aliphatic carbocycles. The third-order valence-corrected chi connectivity index (χ3v) is 6.62. The van der Waals surface area contributed by atoms with Crippen molar-refractivity contribution >= 4 is 15.8 Å². The summed E-state index contributed by atoms with van der Waals surface area (Å²) in [5.74, 6) is 2.02. The summed E-state index contributed by atoms with van der Waals surface area (Å²) in [6.07, 6.45) is 3.48. The second kappa shape index (κ2) is 8.18. The molecular formula is C19H22N6O3S. The van der Waals surface area contributed by atoms with Gasteiger partial charge >= 0.3 is 0 Å². The van der Waals surface area contributed by atoms with Gasteiger partial charge in [-0.3, -0.25) is 0 Å². The molecule has 1 aliphatic rings. The molecule has 10 heteroatoms. The van der Waals surface area contributed by atoms with Crippen LogP contribution >= 0.6 is 0 Å². The number of hydrogen-bond acceptors (Lipinski definition) is 7. The van der Waals surface area contributed by atoms with E-state index in [2.05, 4.69) is 15.3 Å². The molecule has 0 unspecified atom stereocenters. The van der Waals surface area contributed by atoms with Gasteiger partial charge in [0.15, 0.2) is 11.6 Å². The van der Waals surface area contributed by atoms with Crippen LogP contribution < -0.4 is 9.64 Å². The van der Waals surface area contributed by atoms with Crippen molar-refractivity contribution in [2.45, 2.75) is 11.8 Å². The van der Waals surface area contributed by atoms with Gasteiger partial charge in [0, 0.05) is 38.6 Å². The SMILES string of the molecule is CCOc1ccc(S(=O)(=O)N2CCN(c3ccc(-n4cccn4)nn3)CC2)cc1. The minimum atomic E-state index is -3.53. The van der Waals surface area contributed by atoms with Crippen LogP contribution in [0.5, 0.6) is 5.75 Å². The Kier molecular flexibility index (Phi) is 5.45. The highest BCUT2D eigenvalue weighted by Crippen LogP contribution is 2.22. The van der Waals surface area contributed by atoms with E-state index in [-0.39, 0.29) is 4.90 Å². The highest BCUT2D eigenvalue weighted by molar-refractivity contribution is 7.89. The van der Waals surface area contributed by atoms with Gasteiger partial charge in [0.25, 0.3) is 0 Å². The van der Waals surface area contributed by atoms with E-state index >= 15 is 0 Å². The molecule has 0 radical (unpaired) electrons. The van der Waals surface area contributed by atoms with Crippen molar-refractivity contribution in [2.75, 3.05) is 37.7 Å². The summed E-state index contributed by atoms with van der Waals surface area (Å²) in [5, 5.41) is 12.6. The van der Waals surface area contributed by atoms with Crippen molar-refractivity contribution in [3.05, 3.63) is 54.9 Å². The summed E-state index contributed by atoms with van der Waals surface area (Å²) in [6, 6.07) is 12.1. The zero-order chi connectivity index (χ0) is 20.3. The van der Waals surface area contributed by atoms with Crippen LogP contribution in [0, 0.1) is 0 Å². The van der Waals surface area contributed by atoms with Crippen molar-refractivity contribution < 1.29 is 13.2 Å². The van der Waals surface area contributed by atoms with Gasteiger partial charge in [0.2, 0.25) is 10.0 Å². The Morgan fingerprint density at radius 1 is 0.966 bits per heavy atom. The molecular weight excluding hydrogens is 392 g/mol. The predicted octanol–water partition coefficient (Wildman–Crippen LogP) is 1.57. The van der Waals surface area contributed by atoms with Gasteiger partial charge in [-0.2, -0.15) is 9.40 Å². The second-order valence-corrected chi connectivity index (χ2v) is 8.43. The quantitative estimate of drug-likeness (QED) is 0.604. The maximum Gasteiger partial charge on any atom is 0.243 e. The molecule has 1 aliphatic heterocycles. The van der Waals surface area contributed by atoms with Crippen molar-refractivity contribution in [1.82, 2.24) is 24.3 Å². The maximum absolute atomic E-state index is 12.9. The van der Waals surface area contributed by atoms with Gasteiger partial charge in [0.05, 0.1) is 11.5 Å². The summed E-state index contributed by atoms with van der Waals surface area (Å²) < 4.78 is 34.3. The van der Waals surface area contributed by atoms with Gasteiger partial charge in [-0.25, -0.2) is 13.1 Å². The topological polar surface area (TPSA) is 93.5 Å². The fraction of sp³-hybridized carbons (Fsp3) is 0.316. The Hall–Kier alpha value is -2.98. The number of anilines is 1. The Bertz CT molecular complexity index is 1030. The van der Waals surface area contributed by atoms with Crippen LogP contribution in [0.3, 0.4) is 0 Å². The molecule has 0 saturated carbocycles. The number of rotatable bonds is 6. The smallest absolute Gasteiger partial charge is 0.243 e. The molecule has 2 aromatic heterocycles. The Balaban J connectivity index is 1.40. The lowest BCUT2D eigenvalue weighted by Crippen LogP contribution is -2.49. The molecule has 9 nitrogen and oxygen atoms in total. The molecule has 0 N–H and O–H groups in total. The van der Waals surface area contributed by atoms with Crippen LogP contribution in [0.15, 0.2) is 59.8 Å². The van der Waals surface area contributed by atoms with Crippen molar-refractivity contribution in [3.8, 4) is 11.6 Å². The lowest BCUT2D eigenvalue weighted by molar-refractivity contribution is 0.340. The molecule has 4 rings (SSSR count). The minimum absolute atomic E-state index is 0.276. The van der Waals surface area contributed by atoms with E-state index in [9.17, 15) is 8.42 Å². The summed E-state index contributed by atoms with van der Waals surface area (Å²) in [4.78, 5) is 2.31. The van der Waals surface area contributed by atoms with Crippen LogP contribution in [0.4, 0.5) is 5.82 Å². The largest absolute Gasteiger partial charge is 0.494 e. The van der Waals surface area contributed by atoms with Gasteiger partial charge in [-0.1, -0.05) is 0 Å². The fourth-order valence-electron chi connectivity index (χ4n) is 3.19. The molecule has 0 amide bonds. The first-order valence-electron chi connectivity index (χ1n) is 9.39. The summed E-state index contributed by atoms with van der Waals surface area (Å²) in [5.41, 5.74) is 0. The average Bonchev–Trinajstić information content (AvgIpc) is 3.30. The van der Waals surface area contributed by atoms with E-state index in [1.165, 1.54) is 4.31 Å². The number of aromatic nitrogens is 4. The fourth-order valence-corrected chi connectivity index (χ4v) is 4.62. The highest BCUT2D eigenvalue weighted by Gasteiger charge is 2.29. The van der Waals surface area contributed by atoms with Crippen LogP contribution in [-0.4, -0.2) is 65.5 Å². The van der Waals surface area contributed by atoms with E-state index in [1.807, 2.05) is 30.0 Å². The third-order valence-electron chi connectivity index (χ3n) is 4.71. The summed E-state index contributed by atoms with van der Waals surface area (Å²) in [6.45, 7) is 4.30. The second-order valence-electron chi connectivity index (χ2n) is 6.50. The van der Waals surface area contributed by atoms with Crippen LogP contribution in [-0.2, 0) is 10.0 Å². The van der Waals surface area contributed by atoms with Crippen LogP contribution in [0.25, 0.3) is 5.82 Å². The Labute approximate surface area is 169 Å². The van der Waals surface area contributed by atoms with Crippen molar-refractivity contribution in [1.29, 1.82) is 0 Å².